The Labute approximate surface area is 231 Å². The quantitative estimate of drug-likeness (QED) is 0.409. The number of nitrogens with one attached hydrogen (secondary N) is 2. The number of piperidine rings is 2. The van der Waals surface area contributed by atoms with Crippen molar-refractivity contribution < 1.29 is 23.9 Å². The number of amides is 3. The lowest BCUT2D eigenvalue weighted by Gasteiger charge is -2.38. The molecule has 0 bridgehead atoms. The molecule has 40 heavy (non-hydrogen) atoms. The Bertz CT molecular complexity index is 1470. The van der Waals surface area contributed by atoms with Crippen molar-refractivity contribution in [1.82, 2.24) is 20.1 Å². The first-order chi connectivity index (χ1) is 19.3. The number of pyridine rings is 1. The maximum Gasteiger partial charge on any atom is 0.255 e. The van der Waals surface area contributed by atoms with E-state index in [1.165, 1.54) is 11.0 Å². The number of anilines is 2. The van der Waals surface area contributed by atoms with E-state index in [1.807, 2.05) is 36.4 Å². The van der Waals surface area contributed by atoms with Crippen molar-refractivity contribution in [3.8, 4) is 0 Å². The molecule has 6 rings (SSSR count). The van der Waals surface area contributed by atoms with Gasteiger partial charge in [-0.2, -0.15) is 0 Å². The summed E-state index contributed by atoms with van der Waals surface area (Å²) in [7, 11) is 0. The van der Waals surface area contributed by atoms with Gasteiger partial charge in [0.1, 0.15) is 6.04 Å². The average Bonchev–Trinajstić information content (AvgIpc) is 3.28. The summed E-state index contributed by atoms with van der Waals surface area (Å²) in [4.78, 5) is 45.1. The Morgan fingerprint density at radius 2 is 1.82 bits per heavy atom. The normalized spacial score (nSPS) is 20.8. The Kier molecular flexibility index (Phi) is 6.81. The number of aromatic nitrogens is 1. The third-order valence-corrected chi connectivity index (χ3v) is 8.07. The fourth-order valence-electron chi connectivity index (χ4n) is 5.78. The molecule has 3 amide bonds. The second-order valence-corrected chi connectivity index (χ2v) is 10.7. The SMILES string of the molecule is O=C1CC[C@@H](N2Cc3cc(C4(O)CCN(Cc5ccc(F)c(Nc6ccccc6)n5)CC4)ccc3C2=O)C(=O)N1. The van der Waals surface area contributed by atoms with Crippen LogP contribution in [0.2, 0.25) is 0 Å². The zero-order valence-corrected chi connectivity index (χ0v) is 21.9. The molecule has 1 aromatic heterocycles. The lowest BCUT2D eigenvalue weighted by molar-refractivity contribution is -0.136. The topological polar surface area (TPSA) is 115 Å². The summed E-state index contributed by atoms with van der Waals surface area (Å²) in [6, 6.07) is 17.1. The highest BCUT2D eigenvalue weighted by molar-refractivity contribution is 6.05. The second kappa shape index (κ2) is 10.4. The van der Waals surface area contributed by atoms with Crippen molar-refractivity contribution in [3.05, 3.63) is 88.9 Å². The summed E-state index contributed by atoms with van der Waals surface area (Å²) in [6.07, 6.45) is 1.50. The van der Waals surface area contributed by atoms with Gasteiger partial charge in [-0.05, 0) is 60.7 Å². The van der Waals surface area contributed by atoms with Crippen LogP contribution in [0.5, 0.6) is 0 Å². The molecule has 206 valence electrons. The van der Waals surface area contributed by atoms with Gasteiger partial charge in [0.25, 0.3) is 5.91 Å². The number of benzene rings is 2. The van der Waals surface area contributed by atoms with Gasteiger partial charge in [-0.15, -0.1) is 0 Å². The van der Waals surface area contributed by atoms with Crippen molar-refractivity contribution in [2.45, 2.75) is 50.4 Å². The number of imide groups is 1. The fraction of sp³-hybridized carbons (Fsp3) is 0.333. The number of hydrogen-bond donors (Lipinski definition) is 3. The molecule has 1 atom stereocenters. The predicted octanol–water partition coefficient (Wildman–Crippen LogP) is 3.21. The zero-order valence-electron chi connectivity index (χ0n) is 21.9. The molecule has 0 saturated carbocycles. The van der Waals surface area contributed by atoms with Gasteiger partial charge in [0.05, 0.1) is 11.3 Å². The second-order valence-electron chi connectivity index (χ2n) is 10.7. The van der Waals surface area contributed by atoms with Crippen molar-refractivity contribution in [3.63, 3.8) is 0 Å². The maximum atomic E-state index is 14.4. The highest BCUT2D eigenvalue weighted by Crippen LogP contribution is 2.37. The number of para-hydroxylation sites is 1. The molecule has 3 N–H and O–H groups in total. The molecule has 4 heterocycles. The van der Waals surface area contributed by atoms with Gasteiger partial charge in [0.2, 0.25) is 11.8 Å². The molecule has 2 fully saturated rings. The number of halogens is 1. The lowest BCUT2D eigenvalue weighted by atomic mass is 9.83. The molecule has 3 aliphatic heterocycles. The van der Waals surface area contributed by atoms with Crippen LogP contribution >= 0.6 is 0 Å². The Morgan fingerprint density at radius 1 is 1.05 bits per heavy atom. The largest absolute Gasteiger partial charge is 0.385 e. The van der Waals surface area contributed by atoms with Gasteiger partial charge in [-0.1, -0.05) is 30.3 Å². The van der Waals surface area contributed by atoms with Crippen LogP contribution < -0.4 is 10.6 Å². The lowest BCUT2D eigenvalue weighted by Crippen LogP contribution is -2.52. The first-order valence-corrected chi connectivity index (χ1v) is 13.5. The zero-order chi connectivity index (χ0) is 27.9. The monoisotopic (exact) mass is 543 g/mol. The summed E-state index contributed by atoms with van der Waals surface area (Å²) in [5, 5.41) is 16.9. The van der Waals surface area contributed by atoms with E-state index < -0.39 is 23.4 Å². The number of likely N-dealkylation sites (tertiary alicyclic amines) is 1. The minimum atomic E-state index is -1.05. The van der Waals surface area contributed by atoms with Crippen LogP contribution in [-0.4, -0.2) is 56.7 Å². The maximum absolute atomic E-state index is 14.4. The summed E-state index contributed by atoms with van der Waals surface area (Å²) in [5.74, 6) is -1.24. The highest BCUT2D eigenvalue weighted by atomic mass is 19.1. The van der Waals surface area contributed by atoms with E-state index in [0.29, 0.717) is 44.5 Å². The molecule has 0 spiro atoms. The first-order valence-electron chi connectivity index (χ1n) is 13.5. The molecule has 3 aromatic rings. The standard InChI is InChI=1S/C30H30FN5O4/c31-24-9-7-22(33-27(24)32-21-4-2-1-3-5-21)18-35-14-12-30(40,13-15-35)20-6-8-23-19(16-20)17-36(29(23)39)25-10-11-26(37)34-28(25)38/h1-9,16,25,40H,10-15,17-18H2,(H,32,33)(H,34,37,38)/t25-/m1/s1. The summed E-state index contributed by atoms with van der Waals surface area (Å²) < 4.78 is 14.4. The van der Waals surface area contributed by atoms with Gasteiger partial charge in [0.15, 0.2) is 11.6 Å². The van der Waals surface area contributed by atoms with Crippen LogP contribution in [0.4, 0.5) is 15.9 Å². The third-order valence-electron chi connectivity index (χ3n) is 8.07. The summed E-state index contributed by atoms with van der Waals surface area (Å²) in [6.45, 7) is 2.04. The molecule has 3 aliphatic rings. The Balaban J connectivity index is 1.10. The Hall–Kier alpha value is -4.15. The summed E-state index contributed by atoms with van der Waals surface area (Å²) in [5.41, 5.74) is 2.49. The third kappa shape index (κ3) is 5.07. The molecule has 0 unspecified atom stereocenters. The van der Waals surface area contributed by atoms with E-state index in [9.17, 15) is 23.9 Å². The van der Waals surface area contributed by atoms with Gasteiger partial charge in [0, 0.05) is 43.9 Å². The van der Waals surface area contributed by atoms with Crippen LogP contribution in [-0.2, 0) is 28.3 Å². The van der Waals surface area contributed by atoms with Crippen molar-refractivity contribution in [2.75, 3.05) is 18.4 Å². The number of carbonyl (C=O) groups excluding carboxylic acids is 3. The van der Waals surface area contributed by atoms with Crippen LogP contribution in [0, 0.1) is 5.82 Å². The molecule has 10 heteroatoms. The highest BCUT2D eigenvalue weighted by Gasteiger charge is 2.40. The average molecular weight is 544 g/mol. The molecular weight excluding hydrogens is 513 g/mol. The molecule has 0 aliphatic carbocycles. The van der Waals surface area contributed by atoms with E-state index in [4.69, 9.17) is 0 Å². The van der Waals surface area contributed by atoms with Crippen LogP contribution in [0.3, 0.4) is 0 Å². The predicted molar refractivity (Wildman–Crippen MR) is 145 cm³/mol. The van der Waals surface area contributed by atoms with Crippen LogP contribution in [0.15, 0.2) is 60.7 Å². The van der Waals surface area contributed by atoms with Crippen molar-refractivity contribution in [2.24, 2.45) is 0 Å². The first kappa shape index (κ1) is 26.1. The van der Waals surface area contributed by atoms with E-state index in [-0.39, 0.29) is 30.6 Å². The Morgan fingerprint density at radius 3 is 2.58 bits per heavy atom. The number of rotatable bonds is 6. The van der Waals surface area contributed by atoms with Gasteiger partial charge >= 0.3 is 0 Å². The van der Waals surface area contributed by atoms with E-state index in [2.05, 4.69) is 20.5 Å². The number of aliphatic hydroxyl groups is 1. The smallest absolute Gasteiger partial charge is 0.255 e. The van der Waals surface area contributed by atoms with Gasteiger partial charge in [-0.3, -0.25) is 24.6 Å². The summed E-state index contributed by atoms with van der Waals surface area (Å²) >= 11 is 0. The molecular formula is C30H30FN5O4. The molecule has 2 aromatic carbocycles. The van der Waals surface area contributed by atoms with E-state index in [1.54, 1.807) is 18.2 Å². The molecule has 0 radical (unpaired) electrons. The fourth-order valence-corrected chi connectivity index (χ4v) is 5.78. The number of carbonyl (C=O) groups is 3. The number of nitrogens with zero attached hydrogens (tertiary/aromatic N) is 3. The van der Waals surface area contributed by atoms with E-state index >= 15 is 0 Å². The molecule has 9 nitrogen and oxygen atoms in total. The van der Waals surface area contributed by atoms with Gasteiger partial charge in [-0.25, -0.2) is 9.37 Å². The van der Waals surface area contributed by atoms with E-state index in [0.717, 1.165) is 22.5 Å². The number of fused-ring (bicyclic) bond motifs is 1. The van der Waals surface area contributed by atoms with Crippen molar-refractivity contribution >= 4 is 29.2 Å². The van der Waals surface area contributed by atoms with Crippen molar-refractivity contribution in [1.29, 1.82) is 0 Å². The molecule has 2 saturated heterocycles. The van der Waals surface area contributed by atoms with Gasteiger partial charge < -0.3 is 15.3 Å². The van der Waals surface area contributed by atoms with Crippen LogP contribution in [0.25, 0.3) is 0 Å². The van der Waals surface area contributed by atoms with Crippen LogP contribution in [0.1, 0.15) is 52.9 Å². The number of hydrogen-bond acceptors (Lipinski definition) is 7. The minimum Gasteiger partial charge on any atom is -0.385 e. The minimum absolute atomic E-state index is 0.177.